The van der Waals surface area contributed by atoms with Gasteiger partial charge in [0, 0.05) is 16.2 Å². The Morgan fingerprint density at radius 2 is 1.92 bits per heavy atom. The summed E-state index contributed by atoms with van der Waals surface area (Å²) in [6, 6.07) is 13.7. The predicted molar refractivity (Wildman–Crippen MR) is 110 cm³/mol. The summed E-state index contributed by atoms with van der Waals surface area (Å²) in [7, 11) is -3.50. The summed E-state index contributed by atoms with van der Waals surface area (Å²) in [4.78, 5) is 0.320. The molecule has 2 aromatic rings. The van der Waals surface area contributed by atoms with E-state index in [1.165, 1.54) is 5.56 Å². The second-order valence-corrected chi connectivity index (χ2v) is 10.5. The number of rotatable bonds is 4. The summed E-state index contributed by atoms with van der Waals surface area (Å²) in [5.41, 5.74) is 3.11. The normalized spacial score (nSPS) is 19.1. The molecule has 4 nitrogen and oxygen atoms in total. The SMILES string of the molecule is CC(C)NS(=O)(=O)c1ccc2c(c1)C(C)(C)C[C@H](c1cccc(Br)c1)N2. The molecule has 3 rings (SSSR count). The van der Waals surface area contributed by atoms with Crippen molar-refractivity contribution in [1.29, 1.82) is 0 Å². The quantitative estimate of drug-likeness (QED) is 0.710. The molecule has 0 fully saturated rings. The van der Waals surface area contributed by atoms with Gasteiger partial charge in [-0.25, -0.2) is 13.1 Å². The molecule has 0 radical (unpaired) electrons. The van der Waals surface area contributed by atoms with E-state index in [9.17, 15) is 8.42 Å². The molecule has 2 aromatic carbocycles. The molecule has 0 aliphatic carbocycles. The Balaban J connectivity index is 1.99. The van der Waals surface area contributed by atoms with Crippen molar-refractivity contribution in [2.24, 2.45) is 0 Å². The summed E-state index contributed by atoms with van der Waals surface area (Å²) < 4.78 is 28.8. The van der Waals surface area contributed by atoms with Crippen LogP contribution in [0.2, 0.25) is 0 Å². The van der Waals surface area contributed by atoms with Gasteiger partial charge in [-0.15, -0.1) is 0 Å². The molecule has 0 saturated heterocycles. The Kier molecular flexibility index (Phi) is 5.21. The third kappa shape index (κ3) is 3.97. The Hall–Kier alpha value is -1.37. The van der Waals surface area contributed by atoms with Crippen molar-refractivity contribution in [1.82, 2.24) is 4.72 Å². The average Bonchev–Trinajstić information content (AvgIpc) is 2.52. The summed E-state index contributed by atoms with van der Waals surface area (Å²) >= 11 is 3.54. The molecule has 1 atom stereocenters. The maximum atomic E-state index is 12.5. The van der Waals surface area contributed by atoms with E-state index in [1.807, 2.05) is 38.1 Å². The number of hydrogen-bond acceptors (Lipinski definition) is 3. The molecule has 0 amide bonds. The average molecular weight is 437 g/mol. The highest BCUT2D eigenvalue weighted by Gasteiger charge is 2.34. The van der Waals surface area contributed by atoms with Gasteiger partial charge in [-0.05, 0) is 67.1 Å². The summed E-state index contributed by atoms with van der Waals surface area (Å²) in [5, 5.41) is 3.58. The van der Waals surface area contributed by atoms with E-state index in [1.54, 1.807) is 6.07 Å². The number of nitrogens with one attached hydrogen (secondary N) is 2. The van der Waals surface area contributed by atoms with Crippen LogP contribution in [0.5, 0.6) is 0 Å². The summed E-state index contributed by atoms with van der Waals surface area (Å²) in [6.45, 7) is 7.99. The molecule has 140 valence electrons. The largest absolute Gasteiger partial charge is 0.378 e. The lowest BCUT2D eigenvalue weighted by Gasteiger charge is -2.39. The highest BCUT2D eigenvalue weighted by atomic mass is 79.9. The van der Waals surface area contributed by atoms with Crippen LogP contribution in [-0.2, 0) is 15.4 Å². The molecule has 1 heterocycles. The zero-order valence-electron chi connectivity index (χ0n) is 15.5. The van der Waals surface area contributed by atoms with E-state index >= 15 is 0 Å². The van der Waals surface area contributed by atoms with E-state index in [-0.39, 0.29) is 17.5 Å². The van der Waals surface area contributed by atoms with Gasteiger partial charge in [0.25, 0.3) is 0 Å². The molecular weight excluding hydrogens is 412 g/mol. The van der Waals surface area contributed by atoms with Crippen LogP contribution < -0.4 is 10.0 Å². The third-order valence-corrected chi connectivity index (χ3v) is 6.87. The van der Waals surface area contributed by atoms with Crippen molar-refractivity contribution in [3.8, 4) is 0 Å². The molecule has 6 heteroatoms. The van der Waals surface area contributed by atoms with Crippen LogP contribution >= 0.6 is 15.9 Å². The Bertz CT molecular complexity index is 923. The molecule has 0 saturated carbocycles. The van der Waals surface area contributed by atoms with E-state index in [4.69, 9.17) is 0 Å². The van der Waals surface area contributed by atoms with Crippen LogP contribution in [0.4, 0.5) is 5.69 Å². The Morgan fingerprint density at radius 3 is 2.58 bits per heavy atom. The first-order valence-corrected chi connectivity index (χ1v) is 11.0. The fourth-order valence-corrected chi connectivity index (χ4v) is 5.23. The van der Waals surface area contributed by atoms with Crippen molar-refractivity contribution >= 4 is 31.6 Å². The van der Waals surface area contributed by atoms with Crippen molar-refractivity contribution in [3.63, 3.8) is 0 Å². The summed E-state index contributed by atoms with van der Waals surface area (Å²) in [5.74, 6) is 0. The van der Waals surface area contributed by atoms with Crippen LogP contribution in [-0.4, -0.2) is 14.5 Å². The zero-order chi connectivity index (χ0) is 19.1. The van der Waals surface area contributed by atoms with Crippen LogP contribution in [0.1, 0.15) is 51.3 Å². The number of sulfonamides is 1. The maximum Gasteiger partial charge on any atom is 0.240 e. The highest BCUT2D eigenvalue weighted by Crippen LogP contribution is 2.44. The fraction of sp³-hybridized carbons (Fsp3) is 0.400. The van der Waals surface area contributed by atoms with E-state index in [0.717, 1.165) is 22.1 Å². The zero-order valence-corrected chi connectivity index (χ0v) is 17.9. The number of anilines is 1. The van der Waals surface area contributed by atoms with Gasteiger partial charge in [-0.1, -0.05) is 41.9 Å². The lowest BCUT2D eigenvalue weighted by molar-refractivity contribution is 0.426. The topological polar surface area (TPSA) is 58.2 Å². The molecule has 26 heavy (non-hydrogen) atoms. The van der Waals surface area contributed by atoms with Crippen molar-refractivity contribution < 1.29 is 8.42 Å². The maximum absolute atomic E-state index is 12.5. The first kappa shape index (κ1) is 19.4. The van der Waals surface area contributed by atoms with Crippen LogP contribution in [0, 0.1) is 0 Å². The van der Waals surface area contributed by atoms with Crippen molar-refractivity contribution in [3.05, 3.63) is 58.1 Å². The smallest absolute Gasteiger partial charge is 0.240 e. The standard InChI is InChI=1S/C20H25BrN2O2S/c1-13(2)23-26(24,25)16-8-9-18-17(11-16)20(3,4)12-19(22-18)14-6-5-7-15(21)10-14/h5-11,13,19,22-23H,12H2,1-4H3/t19-/m1/s1. The molecule has 0 aromatic heterocycles. The molecule has 0 unspecified atom stereocenters. The second-order valence-electron chi connectivity index (χ2n) is 7.82. The highest BCUT2D eigenvalue weighted by molar-refractivity contribution is 9.10. The van der Waals surface area contributed by atoms with Gasteiger partial charge >= 0.3 is 0 Å². The minimum absolute atomic E-state index is 0.136. The Morgan fingerprint density at radius 1 is 1.19 bits per heavy atom. The van der Waals surface area contributed by atoms with Crippen LogP contribution in [0.25, 0.3) is 0 Å². The van der Waals surface area contributed by atoms with Gasteiger partial charge in [0.05, 0.1) is 10.9 Å². The van der Waals surface area contributed by atoms with Gasteiger partial charge in [0.1, 0.15) is 0 Å². The number of benzene rings is 2. The lowest BCUT2D eigenvalue weighted by atomic mass is 9.74. The fourth-order valence-electron chi connectivity index (χ4n) is 3.54. The monoisotopic (exact) mass is 436 g/mol. The van der Waals surface area contributed by atoms with Crippen LogP contribution in [0.3, 0.4) is 0 Å². The third-order valence-electron chi connectivity index (χ3n) is 4.72. The molecule has 1 aliphatic heterocycles. The van der Waals surface area contributed by atoms with Crippen molar-refractivity contribution in [2.45, 2.75) is 56.5 Å². The van der Waals surface area contributed by atoms with Gasteiger partial charge in [-0.2, -0.15) is 0 Å². The van der Waals surface area contributed by atoms with Gasteiger partial charge < -0.3 is 5.32 Å². The van der Waals surface area contributed by atoms with Gasteiger partial charge in [0.15, 0.2) is 0 Å². The number of fused-ring (bicyclic) bond motifs is 1. The number of hydrogen-bond donors (Lipinski definition) is 2. The number of halogens is 1. The van der Waals surface area contributed by atoms with Gasteiger partial charge in [0.2, 0.25) is 10.0 Å². The first-order valence-electron chi connectivity index (χ1n) is 8.77. The molecule has 2 N–H and O–H groups in total. The van der Waals surface area contributed by atoms with Gasteiger partial charge in [-0.3, -0.25) is 0 Å². The Labute approximate surface area is 164 Å². The second kappa shape index (κ2) is 6.98. The van der Waals surface area contributed by atoms with E-state index < -0.39 is 10.0 Å². The summed E-state index contributed by atoms with van der Waals surface area (Å²) in [6.07, 6.45) is 0.886. The van der Waals surface area contributed by atoms with Crippen molar-refractivity contribution in [2.75, 3.05) is 5.32 Å². The minimum atomic E-state index is -3.50. The molecular formula is C20H25BrN2O2S. The first-order chi connectivity index (χ1) is 12.1. The van der Waals surface area contributed by atoms with E-state index in [0.29, 0.717) is 4.90 Å². The lowest BCUT2D eigenvalue weighted by Crippen LogP contribution is -2.33. The molecule has 0 spiro atoms. The van der Waals surface area contributed by atoms with E-state index in [2.05, 4.69) is 51.9 Å². The predicted octanol–water partition coefficient (Wildman–Crippen LogP) is 4.97. The minimum Gasteiger partial charge on any atom is -0.378 e. The van der Waals surface area contributed by atoms with Crippen LogP contribution in [0.15, 0.2) is 51.8 Å². The molecule has 0 bridgehead atoms. The molecule has 1 aliphatic rings.